The van der Waals surface area contributed by atoms with Crippen LogP contribution in [0.1, 0.15) is 36.1 Å². The molecule has 0 aliphatic carbocycles. The SMILES string of the molecule is Cc1ccc(F)cc1C(C)CC(O)(Cc1cc2cc(Cl)ncc2[nH]1)C(F)(F)F. The van der Waals surface area contributed by atoms with Crippen LogP contribution in [0.2, 0.25) is 5.15 Å². The predicted molar refractivity (Wildman–Crippen MR) is 100.0 cm³/mol. The molecular formula is C20H19ClF4N2O. The summed E-state index contributed by atoms with van der Waals surface area (Å²) in [6, 6.07) is 7.03. The smallest absolute Gasteiger partial charge is 0.380 e. The number of hydrogen-bond donors (Lipinski definition) is 2. The third-order valence-corrected chi connectivity index (χ3v) is 5.16. The first kappa shape index (κ1) is 20.6. The summed E-state index contributed by atoms with van der Waals surface area (Å²) < 4.78 is 54.9. The van der Waals surface area contributed by atoms with Gasteiger partial charge >= 0.3 is 6.18 Å². The highest BCUT2D eigenvalue weighted by Crippen LogP contribution is 2.41. The zero-order valence-electron chi connectivity index (χ0n) is 15.2. The van der Waals surface area contributed by atoms with E-state index < -0.39 is 36.4 Å². The third-order valence-electron chi connectivity index (χ3n) is 4.95. The standard InChI is InChI=1S/C20H19ClF4N2O/c1-11-3-4-14(22)7-16(11)12(2)8-19(28,20(23,24)25)9-15-5-13-6-18(21)26-10-17(13)27-15/h3-7,10,12,27-28H,8-9H2,1-2H3. The lowest BCUT2D eigenvalue weighted by Crippen LogP contribution is -2.48. The van der Waals surface area contributed by atoms with Gasteiger partial charge in [0.05, 0.1) is 11.7 Å². The van der Waals surface area contributed by atoms with E-state index in [-0.39, 0.29) is 10.8 Å². The Labute approximate surface area is 164 Å². The number of H-pyrrole nitrogens is 1. The number of hydrogen-bond acceptors (Lipinski definition) is 2. The summed E-state index contributed by atoms with van der Waals surface area (Å²) >= 11 is 5.81. The molecule has 0 amide bonds. The molecule has 0 bridgehead atoms. The zero-order valence-corrected chi connectivity index (χ0v) is 16.0. The number of halogens is 5. The average Bonchev–Trinajstić information content (AvgIpc) is 2.96. The van der Waals surface area contributed by atoms with Gasteiger partial charge in [0.1, 0.15) is 11.0 Å². The van der Waals surface area contributed by atoms with Crippen molar-refractivity contribution in [1.82, 2.24) is 9.97 Å². The summed E-state index contributed by atoms with van der Waals surface area (Å²) in [4.78, 5) is 6.73. The maximum absolute atomic E-state index is 13.8. The van der Waals surface area contributed by atoms with Gasteiger partial charge in [-0.2, -0.15) is 13.2 Å². The number of aromatic amines is 1. The Morgan fingerprint density at radius 3 is 2.61 bits per heavy atom. The first-order valence-electron chi connectivity index (χ1n) is 8.67. The Morgan fingerprint density at radius 1 is 1.21 bits per heavy atom. The highest BCUT2D eigenvalue weighted by atomic mass is 35.5. The minimum Gasteiger partial charge on any atom is -0.380 e. The van der Waals surface area contributed by atoms with Crippen molar-refractivity contribution in [2.45, 2.75) is 44.4 Å². The topological polar surface area (TPSA) is 48.9 Å². The zero-order chi connectivity index (χ0) is 20.7. The van der Waals surface area contributed by atoms with Crippen LogP contribution in [0.5, 0.6) is 0 Å². The van der Waals surface area contributed by atoms with Gasteiger partial charge in [0.2, 0.25) is 0 Å². The molecule has 150 valence electrons. The number of nitrogens with one attached hydrogen (secondary N) is 1. The van der Waals surface area contributed by atoms with Crippen LogP contribution >= 0.6 is 11.6 Å². The van der Waals surface area contributed by atoms with Gasteiger partial charge in [-0.1, -0.05) is 24.6 Å². The second-order valence-corrected chi connectivity index (χ2v) is 7.59. The van der Waals surface area contributed by atoms with Crippen molar-refractivity contribution in [2.24, 2.45) is 0 Å². The number of aryl methyl sites for hydroxylation is 1. The number of fused-ring (bicyclic) bond motifs is 1. The van der Waals surface area contributed by atoms with Gasteiger partial charge in [-0.3, -0.25) is 0 Å². The third kappa shape index (κ3) is 4.15. The number of alkyl halides is 3. The number of benzene rings is 1. The van der Waals surface area contributed by atoms with Crippen LogP contribution in [-0.2, 0) is 6.42 Å². The van der Waals surface area contributed by atoms with Gasteiger partial charge in [-0.15, -0.1) is 0 Å². The van der Waals surface area contributed by atoms with Gasteiger partial charge in [-0.25, -0.2) is 9.37 Å². The van der Waals surface area contributed by atoms with Crippen LogP contribution in [0.25, 0.3) is 10.9 Å². The molecule has 3 aromatic rings. The molecule has 0 fully saturated rings. The summed E-state index contributed by atoms with van der Waals surface area (Å²) in [5, 5.41) is 11.4. The molecule has 0 spiro atoms. The monoisotopic (exact) mass is 414 g/mol. The molecule has 0 saturated carbocycles. The maximum atomic E-state index is 13.8. The molecule has 0 radical (unpaired) electrons. The van der Waals surface area contributed by atoms with E-state index in [1.54, 1.807) is 13.8 Å². The van der Waals surface area contributed by atoms with E-state index in [0.29, 0.717) is 22.0 Å². The van der Waals surface area contributed by atoms with E-state index in [2.05, 4.69) is 9.97 Å². The fourth-order valence-electron chi connectivity index (χ4n) is 3.52. The quantitative estimate of drug-likeness (QED) is 0.416. The summed E-state index contributed by atoms with van der Waals surface area (Å²) in [6.07, 6.45) is -4.71. The van der Waals surface area contributed by atoms with Crippen molar-refractivity contribution in [2.75, 3.05) is 0 Å². The lowest BCUT2D eigenvalue weighted by molar-refractivity contribution is -0.263. The molecular weight excluding hydrogens is 396 g/mol. The van der Waals surface area contributed by atoms with Gasteiger partial charge < -0.3 is 10.1 Å². The maximum Gasteiger partial charge on any atom is 0.417 e. The molecule has 8 heteroatoms. The number of nitrogens with zero attached hydrogens (tertiary/aromatic N) is 1. The largest absolute Gasteiger partial charge is 0.417 e. The molecule has 2 atom stereocenters. The van der Waals surface area contributed by atoms with E-state index in [1.165, 1.54) is 36.5 Å². The van der Waals surface area contributed by atoms with E-state index >= 15 is 0 Å². The lowest BCUT2D eigenvalue weighted by atomic mass is 9.82. The van der Waals surface area contributed by atoms with Crippen molar-refractivity contribution in [3.8, 4) is 0 Å². The average molecular weight is 415 g/mol. The number of pyridine rings is 1. The normalized spacial score (nSPS) is 15.6. The molecule has 2 unspecified atom stereocenters. The molecule has 1 aromatic carbocycles. The van der Waals surface area contributed by atoms with Crippen LogP contribution in [0, 0.1) is 12.7 Å². The molecule has 2 N–H and O–H groups in total. The second kappa shape index (κ2) is 7.37. The van der Waals surface area contributed by atoms with E-state index in [4.69, 9.17) is 11.6 Å². The van der Waals surface area contributed by atoms with Gasteiger partial charge in [-0.05, 0) is 54.7 Å². The Balaban J connectivity index is 1.92. The van der Waals surface area contributed by atoms with Crippen LogP contribution in [0.15, 0.2) is 36.5 Å². The van der Waals surface area contributed by atoms with Crippen molar-refractivity contribution >= 4 is 22.5 Å². The van der Waals surface area contributed by atoms with Crippen molar-refractivity contribution in [1.29, 1.82) is 0 Å². The Morgan fingerprint density at radius 2 is 1.93 bits per heavy atom. The molecule has 0 saturated heterocycles. The molecule has 2 heterocycles. The van der Waals surface area contributed by atoms with Crippen LogP contribution in [-0.4, -0.2) is 26.9 Å². The second-order valence-electron chi connectivity index (χ2n) is 7.20. The van der Waals surface area contributed by atoms with Gasteiger partial charge in [0.25, 0.3) is 0 Å². The molecule has 0 aliphatic heterocycles. The van der Waals surface area contributed by atoms with Crippen molar-refractivity contribution < 1.29 is 22.7 Å². The van der Waals surface area contributed by atoms with Crippen LogP contribution in [0.3, 0.4) is 0 Å². The first-order chi connectivity index (χ1) is 13.0. The fraction of sp³-hybridized carbons (Fsp3) is 0.350. The summed E-state index contributed by atoms with van der Waals surface area (Å²) in [6.45, 7) is 3.25. The molecule has 0 aliphatic rings. The van der Waals surface area contributed by atoms with Crippen molar-refractivity contribution in [3.05, 3.63) is 64.3 Å². The van der Waals surface area contributed by atoms with E-state index in [1.807, 2.05) is 0 Å². The highest BCUT2D eigenvalue weighted by Gasteiger charge is 2.54. The minimum absolute atomic E-state index is 0.210. The Hall–Kier alpha value is -2.12. The van der Waals surface area contributed by atoms with E-state index in [9.17, 15) is 22.7 Å². The Kier molecular flexibility index (Phi) is 5.42. The van der Waals surface area contributed by atoms with Gasteiger partial charge in [0.15, 0.2) is 5.60 Å². The van der Waals surface area contributed by atoms with Crippen LogP contribution in [0.4, 0.5) is 17.6 Å². The highest BCUT2D eigenvalue weighted by molar-refractivity contribution is 6.30. The number of rotatable bonds is 5. The summed E-state index contributed by atoms with van der Waals surface area (Å²) in [5.41, 5.74) is -1.14. The van der Waals surface area contributed by atoms with E-state index in [0.717, 1.165) is 0 Å². The van der Waals surface area contributed by atoms with Crippen LogP contribution < -0.4 is 0 Å². The first-order valence-corrected chi connectivity index (χ1v) is 9.04. The molecule has 3 rings (SSSR count). The Bertz CT molecular complexity index is 1000. The minimum atomic E-state index is -4.87. The number of aromatic nitrogens is 2. The summed E-state index contributed by atoms with van der Waals surface area (Å²) in [7, 11) is 0. The van der Waals surface area contributed by atoms with Crippen molar-refractivity contribution in [3.63, 3.8) is 0 Å². The molecule has 28 heavy (non-hydrogen) atoms. The lowest BCUT2D eigenvalue weighted by Gasteiger charge is -2.33. The number of aliphatic hydroxyl groups is 1. The molecule has 2 aromatic heterocycles. The summed E-state index contributed by atoms with van der Waals surface area (Å²) in [5.74, 6) is -1.23. The van der Waals surface area contributed by atoms with Gasteiger partial charge in [0, 0.05) is 17.5 Å². The predicted octanol–water partition coefficient (Wildman–Crippen LogP) is 5.69. The fourth-order valence-corrected chi connectivity index (χ4v) is 3.69. The molecule has 3 nitrogen and oxygen atoms in total.